The second-order valence-corrected chi connectivity index (χ2v) is 16.4. The maximum absolute atomic E-state index is 13.5. The number of unbranched alkanes of at least 4 members (excludes halogenated alkanes) is 1. The number of alkyl carbamates (subject to hydrolysis) is 1. The highest BCUT2D eigenvalue weighted by atomic mass is 35.5. The predicted octanol–water partition coefficient (Wildman–Crippen LogP) is -2.36. The Morgan fingerprint density at radius 1 is 0.841 bits per heavy atom. The van der Waals surface area contributed by atoms with Gasteiger partial charge in [-0.3, -0.25) is 4.79 Å². The Labute approximate surface area is 417 Å². The lowest BCUT2D eigenvalue weighted by Crippen LogP contribution is -2.70. The number of nitrogens with one attached hydrogen (secondary N) is 8. The van der Waals surface area contributed by atoms with Gasteiger partial charge in [0.1, 0.15) is 48.3 Å². The van der Waals surface area contributed by atoms with Crippen LogP contribution in [0.4, 0.5) is 19.2 Å². The van der Waals surface area contributed by atoms with Crippen LogP contribution in [0.5, 0.6) is 5.75 Å². The van der Waals surface area contributed by atoms with Crippen LogP contribution in [0, 0.1) is 0 Å². The Hall–Kier alpha value is -4.87. The van der Waals surface area contributed by atoms with E-state index in [9.17, 15) is 34.2 Å². The summed E-state index contributed by atoms with van der Waals surface area (Å²) in [6.07, 6.45) is -4.59. The molecule has 4 aliphatic heterocycles. The maximum Gasteiger partial charge on any atom is 0.407 e. The second kappa shape index (κ2) is 29.3. The first-order chi connectivity index (χ1) is 31.5. The molecule has 4 aliphatic rings. The largest absolute Gasteiger partial charge is 0.462 e. The van der Waals surface area contributed by atoms with Gasteiger partial charge < -0.3 is 104 Å². The van der Waals surface area contributed by atoms with E-state index in [1.54, 1.807) is 37.3 Å². The summed E-state index contributed by atoms with van der Waals surface area (Å²) in [4.78, 5) is 65.7. The molecule has 0 aliphatic carbocycles. The van der Waals surface area contributed by atoms with Crippen molar-refractivity contribution in [2.75, 3.05) is 39.4 Å². The molecule has 13 atom stereocenters. The van der Waals surface area contributed by atoms with Gasteiger partial charge in [0.15, 0.2) is 18.5 Å². The summed E-state index contributed by atoms with van der Waals surface area (Å²) in [5, 5.41) is 45.0. The van der Waals surface area contributed by atoms with Gasteiger partial charge in [0, 0.05) is 18.7 Å². The molecule has 8 amide bonds. The Morgan fingerprint density at radius 3 is 2.17 bits per heavy atom. The van der Waals surface area contributed by atoms with E-state index in [1.165, 1.54) is 6.08 Å². The lowest BCUT2D eigenvalue weighted by atomic mass is 9.95. The smallest absolute Gasteiger partial charge is 0.407 e. The van der Waals surface area contributed by atoms with E-state index in [-0.39, 0.29) is 56.3 Å². The normalized spacial score (nSPS) is 29.2. The van der Waals surface area contributed by atoms with Crippen LogP contribution in [-0.4, -0.2) is 171 Å². The van der Waals surface area contributed by atoms with Crippen molar-refractivity contribution in [1.82, 2.24) is 42.5 Å². The van der Waals surface area contributed by atoms with Crippen LogP contribution in [0.25, 0.3) is 6.08 Å². The van der Waals surface area contributed by atoms with E-state index in [0.29, 0.717) is 23.9 Å². The van der Waals surface area contributed by atoms with Gasteiger partial charge in [-0.2, -0.15) is 0 Å². The monoisotopic (exact) mass is 1040 g/mol. The summed E-state index contributed by atoms with van der Waals surface area (Å²) >= 11 is 0. The first-order valence-corrected chi connectivity index (χ1v) is 21.8. The predicted molar refractivity (Wildman–Crippen MR) is 257 cm³/mol. The number of hydrogen-bond acceptors (Lipinski definition) is 16. The molecule has 0 unspecified atom stereocenters. The van der Waals surface area contributed by atoms with E-state index in [4.69, 9.17) is 51.4 Å². The van der Waals surface area contributed by atoms with Gasteiger partial charge in [0.2, 0.25) is 12.2 Å². The highest BCUT2D eigenvalue weighted by molar-refractivity contribution is 5.91. The van der Waals surface area contributed by atoms with Crippen LogP contribution in [0.1, 0.15) is 45.6 Å². The zero-order valence-electron chi connectivity index (χ0n) is 38.3. The Morgan fingerprint density at radius 2 is 1.51 bits per heavy atom. The zero-order chi connectivity index (χ0) is 47.9. The summed E-state index contributed by atoms with van der Waals surface area (Å²) in [7, 11) is 0. The third-order valence-corrected chi connectivity index (χ3v) is 10.9. The number of aliphatic imine (C=N–C) groups is 1. The molecule has 392 valence electrons. The average molecular weight is 1050 g/mol. The van der Waals surface area contributed by atoms with E-state index >= 15 is 0 Å². The van der Waals surface area contributed by atoms with Crippen LogP contribution < -0.4 is 70.2 Å². The Balaban J connectivity index is 0.00000544. The number of hydrogen-bond donors (Lipinski definition) is 14. The molecule has 4 saturated heterocycles. The number of aliphatic hydroxyl groups excluding tert-OH is 2. The van der Waals surface area contributed by atoms with Crippen LogP contribution in [0.15, 0.2) is 35.3 Å². The number of ether oxygens (including phenoxy) is 6. The fourth-order valence-corrected chi connectivity index (χ4v) is 7.70. The maximum atomic E-state index is 13.5. The third kappa shape index (κ3) is 18.4. The summed E-state index contributed by atoms with van der Waals surface area (Å²) in [5.74, 6) is -0.299. The van der Waals surface area contributed by atoms with Crippen molar-refractivity contribution in [2.45, 2.75) is 126 Å². The molecular weight excluding hydrogens is 977 g/mol. The number of fused-ring (bicyclic) bond motifs is 1. The van der Waals surface area contributed by atoms with Crippen molar-refractivity contribution in [1.29, 1.82) is 0 Å². The van der Waals surface area contributed by atoms with Gasteiger partial charge in [-0.1, -0.05) is 26.0 Å². The summed E-state index contributed by atoms with van der Waals surface area (Å²) in [5.41, 5.74) is 22.9. The lowest BCUT2D eigenvalue weighted by Gasteiger charge is -2.44. The SMILES string of the molecule is CC(C)NCCCCNCCCNC(=O)/C=C/c1ccc(O[C@H]2O[C@H](C)[C@@H](NC(=O)N[C@H]3OC[C@@H](O[C@@H]4OC[C@H]5OC(=O)N[C@@H]5[C@H]4NC(N)=O)[C@H](O)[C@H]3NC(N)=O)[C@H](O)[C@H]2N=C(N)N)cc1.Cl.Cl.Cl. The van der Waals surface area contributed by atoms with Crippen LogP contribution in [0.3, 0.4) is 0 Å². The van der Waals surface area contributed by atoms with Crippen molar-refractivity contribution >= 4 is 79.4 Å². The lowest BCUT2D eigenvalue weighted by molar-refractivity contribution is -0.260. The molecule has 4 fully saturated rings. The molecule has 0 spiro atoms. The number of primary amides is 2. The number of benzene rings is 1. The molecule has 0 bridgehead atoms. The van der Waals surface area contributed by atoms with Crippen LogP contribution in [-0.2, 0) is 28.5 Å². The molecule has 0 saturated carbocycles. The topological polar surface area (TPSA) is 394 Å². The average Bonchev–Trinajstić information content (AvgIpc) is 3.64. The van der Waals surface area contributed by atoms with Gasteiger partial charge in [-0.25, -0.2) is 24.2 Å². The van der Waals surface area contributed by atoms with E-state index in [1.807, 2.05) is 0 Å². The number of nitrogens with zero attached hydrogens (tertiary/aromatic N) is 1. The quantitative estimate of drug-likeness (QED) is 0.0265. The molecule has 1 aromatic carbocycles. The van der Waals surface area contributed by atoms with Gasteiger partial charge >= 0.3 is 24.2 Å². The van der Waals surface area contributed by atoms with Gasteiger partial charge in [-0.05, 0) is 69.6 Å². The van der Waals surface area contributed by atoms with E-state index in [0.717, 1.165) is 38.9 Å². The fourth-order valence-electron chi connectivity index (χ4n) is 7.70. The fraction of sp³-hybridized carbons (Fsp3) is 0.650. The zero-order valence-corrected chi connectivity index (χ0v) is 40.7. The highest BCUT2D eigenvalue weighted by Crippen LogP contribution is 2.29. The summed E-state index contributed by atoms with van der Waals surface area (Å²) in [6, 6.07) is -1.43. The van der Waals surface area contributed by atoms with Crippen molar-refractivity contribution in [3.8, 4) is 5.75 Å². The van der Waals surface area contributed by atoms with Crippen molar-refractivity contribution in [2.24, 2.45) is 27.9 Å². The molecule has 4 heterocycles. The van der Waals surface area contributed by atoms with Gasteiger partial charge in [0.05, 0.1) is 31.4 Å². The van der Waals surface area contributed by atoms with E-state index in [2.05, 4.69) is 61.4 Å². The molecular formula is C40H68Cl3N13O13. The molecule has 29 heteroatoms. The number of carbonyl (C=O) groups excluding carboxylic acids is 5. The van der Waals surface area contributed by atoms with Gasteiger partial charge in [-0.15, -0.1) is 37.2 Å². The number of halogens is 3. The summed E-state index contributed by atoms with van der Waals surface area (Å²) < 4.78 is 34.7. The Bertz CT molecular complexity index is 1860. The minimum atomic E-state index is -1.60. The van der Waals surface area contributed by atoms with E-state index < -0.39 is 110 Å². The van der Waals surface area contributed by atoms with Crippen molar-refractivity contribution in [3.63, 3.8) is 0 Å². The van der Waals surface area contributed by atoms with Crippen LogP contribution in [0.2, 0.25) is 0 Å². The number of carbonyl (C=O) groups is 5. The molecule has 18 N–H and O–H groups in total. The third-order valence-electron chi connectivity index (χ3n) is 10.9. The minimum Gasteiger partial charge on any atom is -0.462 e. The number of amides is 8. The molecule has 1 aromatic rings. The Kier molecular flexibility index (Phi) is 25.6. The first kappa shape index (κ1) is 60.3. The van der Waals surface area contributed by atoms with Gasteiger partial charge in [0.25, 0.3) is 0 Å². The number of rotatable bonds is 21. The first-order valence-electron chi connectivity index (χ1n) is 21.8. The molecule has 0 radical (unpaired) electrons. The number of nitrogens with two attached hydrogens (primary N) is 4. The second-order valence-electron chi connectivity index (χ2n) is 16.4. The van der Waals surface area contributed by atoms with Crippen molar-refractivity contribution in [3.05, 3.63) is 35.9 Å². The molecule has 5 rings (SSSR count). The van der Waals surface area contributed by atoms with Crippen molar-refractivity contribution < 1.29 is 62.6 Å². The number of guanidine groups is 1. The van der Waals surface area contributed by atoms with Crippen LogP contribution >= 0.6 is 37.2 Å². The molecule has 0 aromatic heterocycles. The molecule has 69 heavy (non-hydrogen) atoms. The summed E-state index contributed by atoms with van der Waals surface area (Å²) in [6.45, 7) is 8.58. The molecule has 26 nitrogen and oxygen atoms in total. The highest BCUT2D eigenvalue weighted by Gasteiger charge is 2.51. The number of aliphatic hydroxyl groups is 2. The number of urea groups is 3. The standard InChI is InChI=1S/C40H65N13O13.3ClH/c1-19(2)46-15-5-4-13-45-14-6-16-47-25(54)12-9-21-7-10-22(11-8-21)64-35-30(48-36(41)42)32(56)26(20(3)63-35)51-39(59)53-33-29(50-38(44)58)31(55)24(18-61-33)65-34-28(49-37(43)57)27-23(17-62-34)66-40(60)52-27;;;/h7-12,19-20,23-24,26-35,45-46,55-56H,4-6,13-18H2,1-3H3,(H,47,54)(H,52,60)(H4,41,42,48)(H3,43,49,57)(H3,44,50,58)(H2,51,53,59);3*1H/b12-9+;;;/t20-,23-,24-,26-,27+,28-,29-,30-,31+,32+,33+,34+,35-;;;/m1.../s1. The minimum absolute atomic E-state index is 0.